The van der Waals surface area contributed by atoms with Crippen LogP contribution >= 0.6 is 0 Å². The molecule has 0 N–H and O–H groups in total. The summed E-state index contributed by atoms with van der Waals surface area (Å²) in [7, 11) is 1.61. The van der Waals surface area contributed by atoms with E-state index in [1.165, 1.54) is 0 Å². The SMILES string of the molecule is CCc1nnc(N2CCN(C(=O)Cc3nc(-c4ccc(OC)cc4)no3)CC2)o1. The van der Waals surface area contributed by atoms with Crippen molar-refractivity contribution >= 4 is 11.9 Å². The molecule has 0 spiro atoms. The molecule has 29 heavy (non-hydrogen) atoms. The zero-order chi connectivity index (χ0) is 20.2. The minimum absolute atomic E-state index is 0.0469. The van der Waals surface area contributed by atoms with Crippen molar-refractivity contribution in [2.75, 3.05) is 38.2 Å². The van der Waals surface area contributed by atoms with E-state index in [2.05, 4.69) is 20.3 Å². The predicted molar refractivity (Wildman–Crippen MR) is 102 cm³/mol. The molecule has 10 heteroatoms. The van der Waals surface area contributed by atoms with Crippen molar-refractivity contribution in [3.8, 4) is 17.1 Å². The van der Waals surface area contributed by atoms with Crippen molar-refractivity contribution in [3.63, 3.8) is 0 Å². The number of aromatic nitrogens is 4. The number of methoxy groups -OCH3 is 1. The van der Waals surface area contributed by atoms with Gasteiger partial charge in [0.05, 0.1) is 7.11 Å². The molecule has 1 aliphatic rings. The quantitative estimate of drug-likeness (QED) is 0.611. The smallest absolute Gasteiger partial charge is 0.318 e. The third-order valence-electron chi connectivity index (χ3n) is 4.78. The Labute approximate surface area is 167 Å². The molecule has 0 unspecified atom stereocenters. The van der Waals surface area contributed by atoms with Crippen LogP contribution in [0.25, 0.3) is 11.4 Å². The van der Waals surface area contributed by atoms with Gasteiger partial charge in [-0.2, -0.15) is 4.98 Å². The summed E-state index contributed by atoms with van der Waals surface area (Å²) in [6.07, 6.45) is 0.776. The van der Waals surface area contributed by atoms with Gasteiger partial charge in [-0.05, 0) is 24.3 Å². The average molecular weight is 398 g/mol. The Morgan fingerprint density at radius 1 is 1.10 bits per heavy atom. The molecule has 10 nitrogen and oxygen atoms in total. The number of amides is 1. The van der Waals surface area contributed by atoms with E-state index in [9.17, 15) is 4.79 Å². The molecule has 1 amide bonds. The van der Waals surface area contributed by atoms with Crippen molar-refractivity contribution in [2.24, 2.45) is 0 Å². The number of aryl methyl sites for hydroxylation is 1. The predicted octanol–water partition coefficient (Wildman–Crippen LogP) is 1.58. The Balaban J connectivity index is 1.32. The summed E-state index contributed by atoms with van der Waals surface area (Å²) < 4.78 is 16.0. The first-order valence-electron chi connectivity index (χ1n) is 9.48. The van der Waals surface area contributed by atoms with Gasteiger partial charge in [0.2, 0.25) is 23.5 Å². The Morgan fingerprint density at radius 2 is 1.86 bits per heavy atom. The normalized spacial score (nSPS) is 14.3. The van der Waals surface area contributed by atoms with E-state index in [1.807, 2.05) is 36.1 Å². The van der Waals surface area contributed by atoms with Crippen LogP contribution in [0.2, 0.25) is 0 Å². The number of carbonyl (C=O) groups excluding carboxylic acids is 1. The number of benzene rings is 1. The third kappa shape index (κ3) is 4.20. The molecule has 0 aliphatic carbocycles. The highest BCUT2D eigenvalue weighted by Gasteiger charge is 2.25. The van der Waals surface area contributed by atoms with Gasteiger partial charge in [-0.1, -0.05) is 17.2 Å². The van der Waals surface area contributed by atoms with Crippen molar-refractivity contribution in [3.05, 3.63) is 36.0 Å². The van der Waals surface area contributed by atoms with Crippen LogP contribution in [0.15, 0.2) is 33.2 Å². The molecule has 3 aromatic rings. The van der Waals surface area contributed by atoms with Crippen molar-refractivity contribution in [2.45, 2.75) is 19.8 Å². The number of hydrogen-bond acceptors (Lipinski definition) is 9. The highest BCUT2D eigenvalue weighted by atomic mass is 16.5. The Bertz CT molecular complexity index is 959. The summed E-state index contributed by atoms with van der Waals surface area (Å²) in [4.78, 5) is 20.7. The maximum absolute atomic E-state index is 12.6. The van der Waals surface area contributed by atoms with Gasteiger partial charge in [-0.3, -0.25) is 4.79 Å². The fraction of sp³-hybridized carbons (Fsp3) is 0.421. The van der Waals surface area contributed by atoms with Gasteiger partial charge in [0.25, 0.3) is 0 Å². The van der Waals surface area contributed by atoms with Gasteiger partial charge in [-0.25, -0.2) is 0 Å². The van der Waals surface area contributed by atoms with Gasteiger partial charge in [0.15, 0.2) is 0 Å². The van der Waals surface area contributed by atoms with Crippen molar-refractivity contribution in [1.29, 1.82) is 0 Å². The van der Waals surface area contributed by atoms with E-state index in [4.69, 9.17) is 13.7 Å². The number of ether oxygens (including phenoxy) is 1. The number of piperazine rings is 1. The van der Waals surface area contributed by atoms with Crippen LogP contribution in [-0.4, -0.2) is 64.4 Å². The summed E-state index contributed by atoms with van der Waals surface area (Å²) >= 11 is 0. The number of rotatable bonds is 6. The molecule has 2 aromatic heterocycles. The largest absolute Gasteiger partial charge is 0.497 e. The summed E-state index contributed by atoms with van der Waals surface area (Å²) in [5, 5.41) is 12.0. The maximum atomic E-state index is 12.6. The summed E-state index contributed by atoms with van der Waals surface area (Å²) in [5.74, 6) is 2.06. The molecule has 1 aliphatic heterocycles. The van der Waals surface area contributed by atoms with Crippen molar-refractivity contribution < 1.29 is 18.5 Å². The first-order chi connectivity index (χ1) is 14.2. The topological polar surface area (TPSA) is 111 Å². The molecule has 0 bridgehead atoms. The molecule has 0 radical (unpaired) electrons. The monoisotopic (exact) mass is 398 g/mol. The molecular weight excluding hydrogens is 376 g/mol. The lowest BCUT2D eigenvalue weighted by Gasteiger charge is -2.33. The van der Waals surface area contributed by atoms with Crippen LogP contribution in [0, 0.1) is 0 Å². The van der Waals surface area contributed by atoms with E-state index in [0.29, 0.717) is 56.2 Å². The lowest BCUT2D eigenvalue weighted by atomic mass is 10.2. The van der Waals surface area contributed by atoms with E-state index in [0.717, 1.165) is 11.3 Å². The zero-order valence-electron chi connectivity index (χ0n) is 16.4. The van der Waals surface area contributed by atoms with Gasteiger partial charge < -0.3 is 23.5 Å². The number of anilines is 1. The molecule has 0 atom stereocenters. The van der Waals surface area contributed by atoms with Crippen LogP contribution in [0.4, 0.5) is 6.01 Å². The van der Waals surface area contributed by atoms with Crippen LogP contribution in [0.1, 0.15) is 18.7 Å². The fourth-order valence-electron chi connectivity index (χ4n) is 3.09. The van der Waals surface area contributed by atoms with Gasteiger partial charge in [-0.15, -0.1) is 5.10 Å². The van der Waals surface area contributed by atoms with E-state index < -0.39 is 0 Å². The van der Waals surface area contributed by atoms with Gasteiger partial charge in [0, 0.05) is 38.2 Å². The second kappa shape index (κ2) is 8.29. The molecular formula is C19H22N6O4. The Morgan fingerprint density at radius 3 is 2.52 bits per heavy atom. The van der Waals surface area contributed by atoms with E-state index in [1.54, 1.807) is 12.0 Å². The van der Waals surface area contributed by atoms with Crippen LogP contribution < -0.4 is 9.64 Å². The summed E-state index contributed by atoms with van der Waals surface area (Å²) in [6.45, 7) is 4.38. The standard InChI is InChI=1S/C19H22N6O4/c1-3-15-21-22-19(28-15)25-10-8-24(9-11-25)17(26)12-16-20-18(23-29-16)13-4-6-14(27-2)7-5-13/h4-7H,3,8-12H2,1-2H3. The highest BCUT2D eigenvalue weighted by Crippen LogP contribution is 2.20. The van der Waals surface area contributed by atoms with Crippen molar-refractivity contribution in [1.82, 2.24) is 25.2 Å². The Hall–Kier alpha value is -3.43. The summed E-state index contributed by atoms with van der Waals surface area (Å²) in [5.41, 5.74) is 0.799. The number of carbonyl (C=O) groups is 1. The molecule has 152 valence electrons. The molecule has 0 saturated carbocycles. The summed E-state index contributed by atoms with van der Waals surface area (Å²) in [6, 6.07) is 7.84. The second-order valence-corrected chi connectivity index (χ2v) is 6.62. The van der Waals surface area contributed by atoms with Gasteiger partial charge >= 0.3 is 6.01 Å². The first-order valence-corrected chi connectivity index (χ1v) is 9.48. The molecule has 1 saturated heterocycles. The van der Waals surface area contributed by atoms with Crippen LogP contribution in [-0.2, 0) is 17.6 Å². The molecule has 1 aromatic carbocycles. The lowest BCUT2D eigenvalue weighted by Crippen LogP contribution is -2.49. The van der Waals surface area contributed by atoms with Gasteiger partial charge in [0.1, 0.15) is 12.2 Å². The molecule has 3 heterocycles. The van der Waals surface area contributed by atoms with Crippen LogP contribution in [0.5, 0.6) is 5.75 Å². The minimum atomic E-state index is -0.0469. The number of nitrogens with zero attached hydrogens (tertiary/aromatic N) is 6. The third-order valence-corrected chi connectivity index (χ3v) is 4.78. The molecule has 1 fully saturated rings. The first kappa shape index (κ1) is 18.9. The number of hydrogen-bond donors (Lipinski definition) is 0. The Kier molecular flexibility index (Phi) is 5.41. The minimum Gasteiger partial charge on any atom is -0.497 e. The maximum Gasteiger partial charge on any atom is 0.318 e. The molecule has 4 rings (SSSR count). The zero-order valence-corrected chi connectivity index (χ0v) is 16.4. The van der Waals surface area contributed by atoms with Crippen LogP contribution in [0.3, 0.4) is 0 Å². The van der Waals surface area contributed by atoms with E-state index >= 15 is 0 Å². The van der Waals surface area contributed by atoms with E-state index in [-0.39, 0.29) is 12.3 Å². The highest BCUT2D eigenvalue weighted by molar-refractivity contribution is 5.78. The fourth-order valence-corrected chi connectivity index (χ4v) is 3.09. The average Bonchev–Trinajstić information content (AvgIpc) is 3.43. The second-order valence-electron chi connectivity index (χ2n) is 6.62. The lowest BCUT2D eigenvalue weighted by molar-refractivity contribution is -0.131.